The molecule has 0 saturated heterocycles. The number of hydrogen-bond acceptors (Lipinski definition) is 2. The first-order valence-corrected chi connectivity index (χ1v) is 26.7. The lowest BCUT2D eigenvalue weighted by Gasteiger charge is -2.17. The van der Waals surface area contributed by atoms with Crippen molar-refractivity contribution in [2.24, 2.45) is 0 Å². The van der Waals surface area contributed by atoms with Gasteiger partial charge in [-0.2, -0.15) is 0 Å². The Morgan fingerprint density at radius 1 is 0.367 bits per heavy atom. The largest absolute Gasteiger partial charge is 0.458 e. The quantitative estimate of drug-likeness (QED) is 0.107. The Morgan fingerprint density at radius 3 is 1.53 bits per heavy atom. The zero-order valence-corrected chi connectivity index (χ0v) is 42.6. The van der Waals surface area contributed by atoms with Crippen LogP contribution < -0.4 is 9.30 Å². The second-order valence-electron chi connectivity index (χ2n) is 20.0. The van der Waals surface area contributed by atoms with Crippen molar-refractivity contribution in [3.8, 4) is 62.3 Å². The highest BCUT2D eigenvalue weighted by Crippen LogP contribution is 2.51. The SMILES string of the molecule is [c-]1n(-c2c(-c3ccccc3)cccc2-c2ccccc2)c2ccccc2[n+]1-c1cccc(Oc2ccc3c4c5c(c6ccccc6n5-c5ccccc5)c5c6ccccc6n(-c6ccccc6)c5c4n(-c4ccccn4)c3c2)c1. The number of imidazole rings is 1. The van der Waals surface area contributed by atoms with Crippen LogP contribution in [0, 0.1) is 6.33 Å². The lowest BCUT2D eigenvalue weighted by Crippen LogP contribution is -2.29. The molecule has 0 spiro atoms. The summed E-state index contributed by atoms with van der Waals surface area (Å²) in [4.78, 5) is 5.14. The number of ether oxygens (including phenoxy) is 1. The van der Waals surface area contributed by atoms with E-state index in [9.17, 15) is 0 Å². The molecule has 7 heteroatoms. The summed E-state index contributed by atoms with van der Waals surface area (Å²) in [7, 11) is 0. The molecule has 5 aromatic heterocycles. The molecule has 370 valence electrons. The van der Waals surface area contributed by atoms with E-state index in [0.717, 1.165) is 106 Å². The smallest absolute Gasteiger partial charge is 0.269 e. The molecule has 0 N–H and O–H groups in total. The summed E-state index contributed by atoms with van der Waals surface area (Å²) < 4.78 is 18.7. The maximum Gasteiger partial charge on any atom is 0.269 e. The summed E-state index contributed by atoms with van der Waals surface area (Å²) in [5.74, 6) is 2.20. The number of pyridine rings is 1. The van der Waals surface area contributed by atoms with E-state index in [2.05, 4.69) is 290 Å². The summed E-state index contributed by atoms with van der Waals surface area (Å²) >= 11 is 0. The standard InChI is InChI=1S/C72H46N6O/c1-5-23-48(24-6-1)55-35-22-36-56(49-25-7-2-8-26-49)69(55)75-47-74(62-39-17-18-40-63(62)75)52-31-21-32-53(45-52)79-54-42-43-59-64(46-54)78(65-41-19-20-44-73-65)72-68(59)70-66(57-33-13-15-37-60(57)76(70)50-27-9-3-10-28-50)67-58-34-14-16-38-61(58)77(71(67)72)51-29-11-4-12-30-51/h1-46H. The van der Waals surface area contributed by atoms with Crippen LogP contribution in [0.4, 0.5) is 0 Å². The van der Waals surface area contributed by atoms with E-state index in [1.165, 1.54) is 21.5 Å². The maximum atomic E-state index is 7.07. The highest BCUT2D eigenvalue weighted by Gasteiger charge is 2.29. The van der Waals surface area contributed by atoms with Gasteiger partial charge >= 0.3 is 0 Å². The lowest BCUT2D eigenvalue weighted by molar-refractivity contribution is -0.572. The second-order valence-corrected chi connectivity index (χ2v) is 20.0. The molecule has 5 heterocycles. The van der Waals surface area contributed by atoms with Crippen molar-refractivity contribution in [3.05, 3.63) is 286 Å². The van der Waals surface area contributed by atoms with Gasteiger partial charge in [-0.3, -0.25) is 13.7 Å². The minimum Gasteiger partial charge on any atom is -0.458 e. The molecule has 0 aliphatic heterocycles. The van der Waals surface area contributed by atoms with Gasteiger partial charge in [-0.1, -0.05) is 188 Å². The fourth-order valence-electron chi connectivity index (χ4n) is 12.4. The predicted molar refractivity (Wildman–Crippen MR) is 322 cm³/mol. The zero-order valence-electron chi connectivity index (χ0n) is 42.6. The molecule has 7 nitrogen and oxygen atoms in total. The van der Waals surface area contributed by atoms with E-state index < -0.39 is 0 Å². The minimum atomic E-state index is 0.697. The van der Waals surface area contributed by atoms with Gasteiger partial charge in [-0.05, 0) is 101 Å². The predicted octanol–water partition coefficient (Wildman–Crippen LogP) is 17.5. The van der Waals surface area contributed by atoms with E-state index in [1.54, 1.807) is 0 Å². The summed E-state index contributed by atoms with van der Waals surface area (Å²) in [6, 6.07) is 96.6. The molecule has 0 atom stereocenters. The van der Waals surface area contributed by atoms with E-state index in [4.69, 9.17) is 9.72 Å². The van der Waals surface area contributed by atoms with E-state index in [1.807, 2.05) is 18.3 Å². The molecular weight excluding hydrogens is 965 g/mol. The molecule has 0 saturated carbocycles. The van der Waals surface area contributed by atoms with Crippen molar-refractivity contribution in [2.45, 2.75) is 0 Å². The van der Waals surface area contributed by atoms with Crippen molar-refractivity contribution in [3.63, 3.8) is 0 Å². The highest BCUT2D eigenvalue weighted by atomic mass is 16.5. The third-order valence-electron chi connectivity index (χ3n) is 15.6. The first-order chi connectivity index (χ1) is 39.2. The second kappa shape index (κ2) is 17.9. The summed E-state index contributed by atoms with van der Waals surface area (Å²) in [5.41, 5.74) is 17.2. The molecule has 16 aromatic rings. The molecule has 11 aromatic carbocycles. The average Bonchev–Trinajstić information content (AvgIpc) is 4.44. The molecule has 0 aliphatic rings. The molecule has 0 aliphatic carbocycles. The van der Waals surface area contributed by atoms with Crippen LogP contribution in [0.5, 0.6) is 11.5 Å². The van der Waals surface area contributed by atoms with Crippen LogP contribution in [0.2, 0.25) is 0 Å². The average molecular weight is 1010 g/mol. The van der Waals surface area contributed by atoms with Crippen molar-refractivity contribution in [1.82, 2.24) is 23.3 Å². The molecule has 0 fully saturated rings. The molecule has 79 heavy (non-hydrogen) atoms. The molecule has 0 bridgehead atoms. The number of aromatic nitrogens is 6. The number of para-hydroxylation sites is 7. The first-order valence-electron chi connectivity index (χ1n) is 26.7. The van der Waals surface area contributed by atoms with Gasteiger partial charge in [0.1, 0.15) is 17.3 Å². The van der Waals surface area contributed by atoms with Crippen molar-refractivity contribution in [2.75, 3.05) is 0 Å². The fourth-order valence-corrected chi connectivity index (χ4v) is 12.4. The van der Waals surface area contributed by atoms with Gasteiger partial charge < -0.3 is 13.9 Å². The zero-order chi connectivity index (χ0) is 52.0. The number of rotatable bonds is 9. The van der Waals surface area contributed by atoms with Gasteiger partial charge in [0.15, 0.2) is 0 Å². The summed E-state index contributed by atoms with van der Waals surface area (Å²) in [6.07, 6.45) is 5.73. The van der Waals surface area contributed by atoms with Gasteiger partial charge in [0.2, 0.25) is 0 Å². The maximum absolute atomic E-state index is 7.07. The van der Waals surface area contributed by atoms with Crippen LogP contribution in [0.25, 0.3) is 127 Å². The topological polar surface area (TPSA) is 45.7 Å². The van der Waals surface area contributed by atoms with Crippen LogP contribution in [0.3, 0.4) is 0 Å². The van der Waals surface area contributed by atoms with E-state index in [-0.39, 0.29) is 0 Å². The lowest BCUT2D eigenvalue weighted by atomic mass is 9.95. The number of benzene rings is 11. The highest BCUT2D eigenvalue weighted by molar-refractivity contribution is 6.40. The van der Waals surface area contributed by atoms with Crippen molar-refractivity contribution < 1.29 is 9.30 Å². The molecule has 16 rings (SSSR count). The number of hydrogen-bond donors (Lipinski definition) is 0. The van der Waals surface area contributed by atoms with Gasteiger partial charge in [-0.15, -0.1) is 0 Å². The fraction of sp³-hybridized carbons (Fsp3) is 0. The van der Waals surface area contributed by atoms with E-state index >= 15 is 0 Å². The van der Waals surface area contributed by atoms with Gasteiger partial charge in [0.05, 0.1) is 55.5 Å². The molecule has 0 radical (unpaired) electrons. The Hall–Kier alpha value is -10.8. The van der Waals surface area contributed by atoms with Gasteiger partial charge in [0.25, 0.3) is 6.33 Å². The van der Waals surface area contributed by atoms with Crippen molar-refractivity contribution in [1.29, 1.82) is 0 Å². The normalized spacial score (nSPS) is 11.8. The Kier molecular flexibility index (Phi) is 10.1. The minimum absolute atomic E-state index is 0.697. The molecule has 0 amide bonds. The molecule has 0 unspecified atom stereocenters. The van der Waals surface area contributed by atoms with Crippen LogP contribution >= 0.6 is 0 Å². The summed E-state index contributed by atoms with van der Waals surface area (Å²) in [6.45, 7) is 0. The monoisotopic (exact) mass is 1010 g/mol. The molecular formula is C72H46N6O. The van der Waals surface area contributed by atoms with E-state index in [0.29, 0.717) is 11.5 Å². The van der Waals surface area contributed by atoms with Crippen LogP contribution in [0.15, 0.2) is 279 Å². The Morgan fingerprint density at radius 2 is 0.886 bits per heavy atom. The Bertz CT molecular complexity index is 4960. The number of nitrogens with zero attached hydrogens (tertiary/aromatic N) is 6. The summed E-state index contributed by atoms with van der Waals surface area (Å²) in [5, 5.41) is 6.99. The van der Waals surface area contributed by atoms with Crippen LogP contribution in [0.1, 0.15) is 0 Å². The van der Waals surface area contributed by atoms with Crippen LogP contribution in [-0.4, -0.2) is 23.3 Å². The van der Waals surface area contributed by atoms with Crippen molar-refractivity contribution >= 4 is 76.5 Å². The first kappa shape index (κ1) is 44.5. The van der Waals surface area contributed by atoms with Crippen LogP contribution in [-0.2, 0) is 0 Å². The van der Waals surface area contributed by atoms with Gasteiger partial charge in [-0.25, -0.2) is 4.98 Å². The third kappa shape index (κ3) is 6.93. The third-order valence-corrected chi connectivity index (χ3v) is 15.6. The Balaban J connectivity index is 0.932. The Labute approximate surface area is 454 Å². The number of fused-ring (bicyclic) bond motifs is 13. The van der Waals surface area contributed by atoms with Gasteiger partial charge in [0, 0.05) is 56.0 Å².